The number of phenolic OH excluding ortho intramolecular Hbond substituents is 1. The first kappa shape index (κ1) is 16.4. The lowest BCUT2D eigenvalue weighted by atomic mass is 10.1. The number of aromatic nitrogens is 3. The number of non-ortho nitro benzene ring substituents is 1. The van der Waals surface area contributed by atoms with E-state index in [0.29, 0.717) is 11.6 Å². The minimum Gasteiger partial charge on any atom is -0.507 e. The van der Waals surface area contributed by atoms with Crippen LogP contribution in [0.15, 0.2) is 42.5 Å². The fourth-order valence-electron chi connectivity index (χ4n) is 2.32. The number of nitro groups is 1. The molecule has 1 atom stereocenters. The smallest absolute Gasteiger partial charge is 0.270 e. The number of aromatic amines is 1. The molecule has 0 aliphatic rings. The fourth-order valence-corrected chi connectivity index (χ4v) is 2.32. The predicted molar refractivity (Wildman–Crippen MR) is 89.2 cm³/mol. The number of rotatable bonds is 5. The van der Waals surface area contributed by atoms with Crippen LogP contribution in [0.1, 0.15) is 17.4 Å². The van der Waals surface area contributed by atoms with Crippen molar-refractivity contribution in [2.45, 2.75) is 6.04 Å². The van der Waals surface area contributed by atoms with Crippen LogP contribution in [0.3, 0.4) is 0 Å². The molecule has 25 heavy (non-hydrogen) atoms. The minimum atomic E-state index is -0.576. The highest BCUT2D eigenvalue weighted by molar-refractivity contribution is 5.66. The molecule has 2 aromatic carbocycles. The maximum absolute atomic E-state index is 10.9. The van der Waals surface area contributed by atoms with Gasteiger partial charge in [0, 0.05) is 12.1 Å². The monoisotopic (exact) mass is 341 g/mol. The molecule has 0 bridgehead atoms. The zero-order valence-corrected chi connectivity index (χ0v) is 13.2. The standard InChI is InChI=1S/C16H15N5O4/c1-25-11-5-2-9(3-6-11)14(17)16-18-15(19-20-16)12-8-10(21(23)24)4-7-13(12)22/h2-8,14,22H,17H2,1H3,(H,18,19,20)/t14-/m1/s1. The molecule has 0 radical (unpaired) electrons. The van der Waals surface area contributed by atoms with Gasteiger partial charge in [-0.25, -0.2) is 4.98 Å². The van der Waals surface area contributed by atoms with Gasteiger partial charge in [-0.15, -0.1) is 0 Å². The van der Waals surface area contributed by atoms with Crippen molar-refractivity contribution in [3.05, 3.63) is 64.0 Å². The van der Waals surface area contributed by atoms with E-state index in [1.165, 1.54) is 18.2 Å². The van der Waals surface area contributed by atoms with E-state index < -0.39 is 11.0 Å². The summed E-state index contributed by atoms with van der Waals surface area (Å²) in [7, 11) is 1.57. The summed E-state index contributed by atoms with van der Waals surface area (Å²) < 4.78 is 5.10. The van der Waals surface area contributed by atoms with Crippen LogP contribution < -0.4 is 10.5 Å². The van der Waals surface area contributed by atoms with E-state index in [4.69, 9.17) is 10.5 Å². The summed E-state index contributed by atoms with van der Waals surface area (Å²) in [4.78, 5) is 14.6. The van der Waals surface area contributed by atoms with E-state index in [9.17, 15) is 15.2 Å². The second-order valence-corrected chi connectivity index (χ2v) is 5.25. The van der Waals surface area contributed by atoms with Crippen LogP contribution in [0.4, 0.5) is 5.69 Å². The van der Waals surface area contributed by atoms with Crippen LogP contribution in [0, 0.1) is 10.1 Å². The Morgan fingerprint density at radius 2 is 2.00 bits per heavy atom. The molecule has 9 heteroatoms. The summed E-state index contributed by atoms with van der Waals surface area (Å²) in [5.74, 6) is 1.04. The van der Waals surface area contributed by atoms with Crippen molar-refractivity contribution < 1.29 is 14.8 Å². The van der Waals surface area contributed by atoms with Gasteiger partial charge in [0.1, 0.15) is 17.3 Å². The molecule has 0 saturated heterocycles. The van der Waals surface area contributed by atoms with Crippen LogP contribution in [0.5, 0.6) is 11.5 Å². The Hall–Kier alpha value is -3.46. The van der Waals surface area contributed by atoms with Crippen molar-refractivity contribution in [2.24, 2.45) is 5.73 Å². The van der Waals surface area contributed by atoms with E-state index in [0.717, 1.165) is 5.56 Å². The summed E-state index contributed by atoms with van der Waals surface area (Å²) in [6, 6.07) is 10.2. The number of nitro benzene ring substituents is 1. The Kier molecular flexibility index (Phi) is 4.31. The first-order chi connectivity index (χ1) is 12.0. The van der Waals surface area contributed by atoms with Gasteiger partial charge in [-0.2, -0.15) is 5.10 Å². The van der Waals surface area contributed by atoms with Gasteiger partial charge in [0.15, 0.2) is 5.82 Å². The normalized spacial score (nSPS) is 11.9. The summed E-state index contributed by atoms with van der Waals surface area (Å²) in [5.41, 5.74) is 6.94. The molecule has 0 spiro atoms. The Labute approximate surface area is 142 Å². The number of phenols is 1. The van der Waals surface area contributed by atoms with Gasteiger partial charge >= 0.3 is 0 Å². The maximum Gasteiger partial charge on any atom is 0.270 e. The summed E-state index contributed by atoms with van der Waals surface area (Å²) in [5, 5.41) is 27.5. The molecule has 3 aromatic rings. The Balaban J connectivity index is 1.91. The van der Waals surface area contributed by atoms with E-state index in [1.807, 2.05) is 0 Å². The largest absolute Gasteiger partial charge is 0.507 e. The Morgan fingerprint density at radius 1 is 1.28 bits per heavy atom. The molecule has 0 aliphatic carbocycles. The minimum absolute atomic E-state index is 0.125. The molecule has 9 nitrogen and oxygen atoms in total. The SMILES string of the molecule is COc1ccc([C@@H](N)c2nc(-c3cc([N+](=O)[O-])ccc3O)n[nH]2)cc1. The first-order valence-electron chi connectivity index (χ1n) is 7.29. The number of ether oxygens (including phenoxy) is 1. The molecule has 0 fully saturated rings. The van der Waals surface area contributed by atoms with Crippen molar-refractivity contribution in [3.63, 3.8) is 0 Å². The molecular formula is C16H15N5O4. The quantitative estimate of drug-likeness (QED) is 0.477. The second kappa shape index (κ2) is 6.57. The van der Waals surface area contributed by atoms with Gasteiger partial charge in [-0.3, -0.25) is 15.2 Å². The van der Waals surface area contributed by atoms with Gasteiger partial charge in [-0.05, 0) is 23.8 Å². The third-order valence-corrected chi connectivity index (χ3v) is 3.70. The number of nitrogens with one attached hydrogen (secondary N) is 1. The summed E-state index contributed by atoms with van der Waals surface area (Å²) >= 11 is 0. The maximum atomic E-state index is 10.9. The molecule has 0 amide bonds. The van der Waals surface area contributed by atoms with Gasteiger partial charge in [-0.1, -0.05) is 12.1 Å². The molecule has 1 aromatic heterocycles. The number of methoxy groups -OCH3 is 1. The Morgan fingerprint density at radius 3 is 2.64 bits per heavy atom. The lowest BCUT2D eigenvalue weighted by Crippen LogP contribution is -2.13. The van der Waals surface area contributed by atoms with E-state index in [1.54, 1.807) is 31.4 Å². The van der Waals surface area contributed by atoms with Crippen LogP contribution in [-0.4, -0.2) is 32.3 Å². The third-order valence-electron chi connectivity index (χ3n) is 3.70. The number of nitrogens with zero attached hydrogens (tertiary/aromatic N) is 3. The average molecular weight is 341 g/mol. The van der Waals surface area contributed by atoms with Crippen molar-refractivity contribution >= 4 is 5.69 Å². The van der Waals surface area contributed by atoms with Crippen molar-refractivity contribution in [1.29, 1.82) is 0 Å². The average Bonchev–Trinajstić information content (AvgIpc) is 3.11. The lowest BCUT2D eigenvalue weighted by molar-refractivity contribution is -0.384. The third kappa shape index (κ3) is 3.26. The fraction of sp³-hybridized carbons (Fsp3) is 0.125. The van der Waals surface area contributed by atoms with Crippen molar-refractivity contribution in [3.8, 4) is 22.9 Å². The molecule has 3 rings (SSSR count). The van der Waals surface area contributed by atoms with Crippen molar-refractivity contribution in [1.82, 2.24) is 15.2 Å². The van der Waals surface area contributed by atoms with Crippen LogP contribution in [0.25, 0.3) is 11.4 Å². The highest BCUT2D eigenvalue weighted by Crippen LogP contribution is 2.31. The number of benzene rings is 2. The molecular weight excluding hydrogens is 326 g/mol. The van der Waals surface area contributed by atoms with Gasteiger partial charge in [0.2, 0.25) is 0 Å². The number of hydrogen-bond acceptors (Lipinski definition) is 7. The van der Waals surface area contributed by atoms with Gasteiger partial charge in [0.05, 0.1) is 23.6 Å². The molecule has 4 N–H and O–H groups in total. The van der Waals surface area contributed by atoms with Gasteiger partial charge < -0.3 is 15.6 Å². The van der Waals surface area contributed by atoms with E-state index in [2.05, 4.69) is 15.2 Å². The molecule has 0 aliphatic heterocycles. The van der Waals surface area contributed by atoms with Crippen LogP contribution in [-0.2, 0) is 0 Å². The number of H-pyrrole nitrogens is 1. The highest BCUT2D eigenvalue weighted by atomic mass is 16.6. The van der Waals surface area contributed by atoms with E-state index >= 15 is 0 Å². The lowest BCUT2D eigenvalue weighted by Gasteiger charge is -2.09. The van der Waals surface area contributed by atoms with E-state index in [-0.39, 0.29) is 22.8 Å². The molecule has 0 saturated carbocycles. The first-order valence-corrected chi connectivity index (χ1v) is 7.29. The van der Waals surface area contributed by atoms with Crippen LogP contribution in [0.2, 0.25) is 0 Å². The molecule has 1 heterocycles. The zero-order valence-electron chi connectivity index (χ0n) is 13.2. The highest BCUT2D eigenvalue weighted by Gasteiger charge is 2.19. The van der Waals surface area contributed by atoms with Crippen molar-refractivity contribution in [2.75, 3.05) is 7.11 Å². The summed E-state index contributed by atoms with van der Waals surface area (Å²) in [6.45, 7) is 0. The molecule has 128 valence electrons. The zero-order chi connectivity index (χ0) is 18.0. The predicted octanol–water partition coefficient (Wildman–Crippen LogP) is 2.14. The summed E-state index contributed by atoms with van der Waals surface area (Å²) in [6.07, 6.45) is 0. The Bertz CT molecular complexity index is 907. The second-order valence-electron chi connectivity index (χ2n) is 5.25. The number of aromatic hydroxyl groups is 1. The topological polar surface area (TPSA) is 140 Å². The number of hydrogen-bond donors (Lipinski definition) is 3. The number of nitrogens with two attached hydrogens (primary N) is 1. The molecule has 0 unspecified atom stereocenters. The van der Waals surface area contributed by atoms with Crippen LogP contribution >= 0.6 is 0 Å². The van der Waals surface area contributed by atoms with Gasteiger partial charge in [0.25, 0.3) is 5.69 Å².